The van der Waals surface area contributed by atoms with Crippen molar-refractivity contribution in [2.45, 2.75) is 19.9 Å². The molecule has 1 aromatic rings. The van der Waals surface area contributed by atoms with Crippen LogP contribution in [0, 0.1) is 0 Å². The minimum Gasteiger partial charge on any atom is -0.468 e. The number of thiophene rings is 1. The van der Waals surface area contributed by atoms with E-state index in [9.17, 15) is 9.59 Å². The summed E-state index contributed by atoms with van der Waals surface area (Å²) in [6.45, 7) is 4.07. The van der Waals surface area contributed by atoms with Crippen molar-refractivity contribution in [3.05, 3.63) is 22.4 Å². The topological polar surface area (TPSA) is 81.4 Å². The van der Waals surface area contributed by atoms with E-state index in [1.807, 2.05) is 13.8 Å². The van der Waals surface area contributed by atoms with Crippen LogP contribution in [-0.4, -0.2) is 31.6 Å². The highest BCUT2D eigenvalue weighted by Gasteiger charge is 2.15. The maximum absolute atomic E-state index is 11.4. The van der Waals surface area contributed by atoms with Crippen molar-refractivity contribution < 1.29 is 14.3 Å². The Morgan fingerprint density at radius 1 is 1.53 bits per heavy atom. The number of hydrogen-bond acceptors (Lipinski definition) is 5. The van der Waals surface area contributed by atoms with Gasteiger partial charge in [-0.3, -0.25) is 9.59 Å². The zero-order valence-electron chi connectivity index (χ0n) is 10.2. The van der Waals surface area contributed by atoms with Crippen molar-refractivity contribution in [3.8, 4) is 0 Å². The quantitative estimate of drug-likeness (QED) is 0.790. The van der Waals surface area contributed by atoms with Gasteiger partial charge in [0.2, 0.25) is 0 Å². The minimum absolute atomic E-state index is 0.0708. The fourth-order valence-electron chi connectivity index (χ4n) is 0.933. The third-order valence-electron chi connectivity index (χ3n) is 1.77. The Hall–Kier alpha value is -1.40. The molecule has 0 aliphatic rings. The summed E-state index contributed by atoms with van der Waals surface area (Å²) in [5, 5.41) is 6.06. The van der Waals surface area contributed by atoms with Gasteiger partial charge in [0, 0.05) is 17.5 Å². The van der Waals surface area contributed by atoms with Crippen molar-refractivity contribution >= 4 is 23.2 Å². The molecule has 5 nitrogen and oxygen atoms in total. The molecule has 17 heavy (non-hydrogen) atoms. The van der Waals surface area contributed by atoms with E-state index in [1.165, 1.54) is 18.4 Å². The molecule has 1 atom stereocenters. The highest BCUT2D eigenvalue weighted by Crippen LogP contribution is 2.04. The molecule has 96 valence electrons. The average Bonchev–Trinajstić information content (AvgIpc) is 2.90. The Morgan fingerprint density at radius 3 is 2.65 bits per heavy atom. The minimum atomic E-state index is -0.822. The maximum Gasteiger partial charge on any atom is 0.324 e. The Labute approximate surface area is 105 Å². The number of carbonyl (C=O) groups excluding carboxylic acids is 2. The zero-order valence-corrected chi connectivity index (χ0v) is 11.0. The highest BCUT2D eigenvalue weighted by molar-refractivity contribution is 7.08. The highest BCUT2D eigenvalue weighted by atomic mass is 32.1. The van der Waals surface area contributed by atoms with Gasteiger partial charge < -0.3 is 15.8 Å². The lowest BCUT2D eigenvalue weighted by atomic mass is 10.3. The average molecular weight is 258 g/mol. The SMILES string of the molecule is CC.COC(=O)C(N)CNC(=O)c1ccsc1. The lowest BCUT2D eigenvalue weighted by Gasteiger charge is -2.09. The van der Waals surface area contributed by atoms with E-state index in [1.54, 1.807) is 16.8 Å². The molecule has 0 fully saturated rings. The standard InChI is InChI=1S/C9H12N2O3S.C2H6/c1-14-9(13)7(10)4-11-8(12)6-2-3-15-5-6;1-2/h2-3,5,7H,4,10H2,1H3,(H,11,12);1-2H3. The number of rotatable bonds is 4. The van der Waals surface area contributed by atoms with Crippen molar-refractivity contribution in [2.75, 3.05) is 13.7 Å². The molecule has 0 aliphatic heterocycles. The monoisotopic (exact) mass is 258 g/mol. The molecule has 1 unspecified atom stereocenters. The van der Waals surface area contributed by atoms with Gasteiger partial charge in [0.15, 0.2) is 0 Å². The molecule has 6 heteroatoms. The molecule has 0 spiro atoms. The molecule has 1 rings (SSSR count). The van der Waals surface area contributed by atoms with Gasteiger partial charge in [-0.05, 0) is 11.4 Å². The Morgan fingerprint density at radius 2 is 2.18 bits per heavy atom. The second-order valence-corrected chi connectivity index (χ2v) is 3.63. The summed E-state index contributed by atoms with van der Waals surface area (Å²) in [7, 11) is 1.25. The number of methoxy groups -OCH3 is 1. The van der Waals surface area contributed by atoms with Crippen LogP contribution in [0.15, 0.2) is 16.8 Å². The number of ether oxygens (including phenoxy) is 1. The Kier molecular flexibility index (Phi) is 8.00. The molecule has 0 aliphatic carbocycles. The van der Waals surface area contributed by atoms with Crippen LogP contribution in [0.1, 0.15) is 24.2 Å². The molecule has 1 heterocycles. The van der Waals surface area contributed by atoms with Crippen LogP contribution in [0.4, 0.5) is 0 Å². The van der Waals surface area contributed by atoms with Gasteiger partial charge in [0.25, 0.3) is 5.91 Å². The molecule has 0 radical (unpaired) electrons. The molecule has 1 amide bonds. The number of nitrogens with two attached hydrogens (primary N) is 1. The van der Waals surface area contributed by atoms with Gasteiger partial charge >= 0.3 is 5.97 Å². The van der Waals surface area contributed by atoms with Crippen LogP contribution in [0.5, 0.6) is 0 Å². The summed E-state index contributed by atoms with van der Waals surface area (Å²) in [5.41, 5.74) is 6.01. The molecule has 0 saturated heterocycles. The first-order valence-corrected chi connectivity index (χ1v) is 6.23. The molecule has 1 aromatic heterocycles. The predicted octanol–water partition coefficient (Wildman–Crippen LogP) is 1.00. The lowest BCUT2D eigenvalue weighted by Crippen LogP contribution is -2.43. The third-order valence-corrected chi connectivity index (χ3v) is 2.45. The summed E-state index contributed by atoms with van der Waals surface area (Å²) < 4.78 is 4.42. The van der Waals surface area contributed by atoms with E-state index < -0.39 is 12.0 Å². The number of carbonyl (C=O) groups is 2. The van der Waals surface area contributed by atoms with Gasteiger partial charge in [-0.25, -0.2) is 0 Å². The zero-order chi connectivity index (χ0) is 13.3. The number of nitrogens with one attached hydrogen (secondary N) is 1. The largest absolute Gasteiger partial charge is 0.468 e. The van der Waals surface area contributed by atoms with E-state index in [-0.39, 0.29) is 12.5 Å². The van der Waals surface area contributed by atoms with Gasteiger partial charge in [-0.15, -0.1) is 0 Å². The summed E-state index contributed by atoms with van der Waals surface area (Å²) in [5.74, 6) is -0.781. The second-order valence-electron chi connectivity index (χ2n) is 2.85. The van der Waals surface area contributed by atoms with Gasteiger partial charge in [0.1, 0.15) is 6.04 Å². The van der Waals surface area contributed by atoms with Crippen LogP contribution < -0.4 is 11.1 Å². The van der Waals surface area contributed by atoms with Crippen LogP contribution in [-0.2, 0) is 9.53 Å². The number of hydrogen-bond donors (Lipinski definition) is 2. The van der Waals surface area contributed by atoms with Crippen molar-refractivity contribution in [2.24, 2.45) is 5.73 Å². The normalized spacial score (nSPS) is 10.8. The van der Waals surface area contributed by atoms with Crippen LogP contribution in [0.3, 0.4) is 0 Å². The van der Waals surface area contributed by atoms with Crippen LogP contribution in [0.25, 0.3) is 0 Å². The first-order valence-electron chi connectivity index (χ1n) is 5.29. The molecule has 0 bridgehead atoms. The maximum atomic E-state index is 11.4. The van der Waals surface area contributed by atoms with Gasteiger partial charge in [-0.2, -0.15) is 11.3 Å². The Balaban J connectivity index is 0.00000121. The van der Waals surface area contributed by atoms with E-state index in [2.05, 4.69) is 10.1 Å². The van der Waals surface area contributed by atoms with Crippen LogP contribution in [0.2, 0.25) is 0 Å². The second kappa shape index (κ2) is 8.72. The van der Waals surface area contributed by atoms with E-state index in [0.29, 0.717) is 5.56 Å². The van der Waals surface area contributed by atoms with Crippen molar-refractivity contribution in [1.29, 1.82) is 0 Å². The number of amides is 1. The molecular formula is C11H18N2O3S. The summed E-state index contributed by atoms with van der Waals surface area (Å²) in [6, 6.07) is 0.876. The fraction of sp³-hybridized carbons (Fsp3) is 0.455. The molecule has 0 saturated carbocycles. The number of esters is 1. The van der Waals surface area contributed by atoms with E-state index in [0.717, 1.165) is 0 Å². The smallest absolute Gasteiger partial charge is 0.324 e. The lowest BCUT2D eigenvalue weighted by molar-refractivity contribution is -0.141. The van der Waals surface area contributed by atoms with Crippen molar-refractivity contribution in [1.82, 2.24) is 5.32 Å². The molecule has 3 N–H and O–H groups in total. The van der Waals surface area contributed by atoms with Gasteiger partial charge in [0.05, 0.1) is 7.11 Å². The summed E-state index contributed by atoms with van der Waals surface area (Å²) in [4.78, 5) is 22.3. The third kappa shape index (κ3) is 5.46. The molecule has 0 aromatic carbocycles. The van der Waals surface area contributed by atoms with Crippen LogP contribution >= 0.6 is 11.3 Å². The van der Waals surface area contributed by atoms with Gasteiger partial charge in [-0.1, -0.05) is 13.8 Å². The first kappa shape index (κ1) is 15.6. The fourth-order valence-corrected chi connectivity index (χ4v) is 1.57. The first-order chi connectivity index (χ1) is 8.15. The van der Waals surface area contributed by atoms with E-state index in [4.69, 9.17) is 5.73 Å². The summed E-state index contributed by atoms with van der Waals surface area (Å²) in [6.07, 6.45) is 0. The summed E-state index contributed by atoms with van der Waals surface area (Å²) >= 11 is 1.43. The Bertz CT molecular complexity index is 338. The van der Waals surface area contributed by atoms with Crippen molar-refractivity contribution in [3.63, 3.8) is 0 Å². The molecular weight excluding hydrogens is 240 g/mol. The predicted molar refractivity (Wildman–Crippen MR) is 68.0 cm³/mol. The van der Waals surface area contributed by atoms with E-state index >= 15 is 0 Å².